The third-order valence-corrected chi connectivity index (χ3v) is 5.99. The van der Waals surface area contributed by atoms with Crippen molar-refractivity contribution in [3.8, 4) is 0 Å². The zero-order valence-electron chi connectivity index (χ0n) is 18.6. The minimum atomic E-state index is -0.769. The van der Waals surface area contributed by atoms with Crippen LogP contribution in [0.15, 0.2) is 77.4 Å². The Morgan fingerprint density at radius 1 is 0.971 bits per heavy atom. The first-order valence-corrected chi connectivity index (χ1v) is 11.2. The lowest BCUT2D eigenvalue weighted by Crippen LogP contribution is -2.53. The van der Waals surface area contributed by atoms with Crippen LogP contribution in [0.1, 0.15) is 39.3 Å². The molecule has 176 valence electrons. The summed E-state index contributed by atoms with van der Waals surface area (Å²) in [7, 11) is 0. The smallest absolute Gasteiger partial charge is 0.253 e. The molecular weight excluding hydrogens is 437 g/mol. The van der Waals surface area contributed by atoms with Gasteiger partial charge in [-0.15, -0.1) is 0 Å². The van der Waals surface area contributed by atoms with Gasteiger partial charge in [0.2, 0.25) is 5.91 Å². The molecule has 0 aliphatic carbocycles. The first-order chi connectivity index (χ1) is 16.5. The second-order valence-electron chi connectivity index (χ2n) is 8.25. The van der Waals surface area contributed by atoms with Gasteiger partial charge >= 0.3 is 0 Å². The van der Waals surface area contributed by atoms with Crippen LogP contribution < -0.4 is 10.6 Å². The van der Waals surface area contributed by atoms with E-state index in [1.807, 2.05) is 6.07 Å². The second kappa shape index (κ2) is 10.8. The van der Waals surface area contributed by atoms with Crippen molar-refractivity contribution >= 4 is 17.7 Å². The summed E-state index contributed by atoms with van der Waals surface area (Å²) in [5, 5.41) is 5.72. The van der Waals surface area contributed by atoms with Crippen molar-refractivity contribution < 1.29 is 23.2 Å². The van der Waals surface area contributed by atoms with Gasteiger partial charge in [0.15, 0.2) is 0 Å². The molecule has 34 heavy (non-hydrogen) atoms. The highest BCUT2D eigenvalue weighted by Gasteiger charge is 2.34. The molecule has 8 heteroatoms. The Kier molecular flexibility index (Phi) is 7.37. The van der Waals surface area contributed by atoms with Crippen LogP contribution in [-0.4, -0.2) is 41.8 Å². The third-order valence-electron chi connectivity index (χ3n) is 5.99. The lowest BCUT2D eigenvalue weighted by atomic mass is 9.88. The summed E-state index contributed by atoms with van der Waals surface area (Å²) in [5.74, 6) is -0.909. The predicted octanol–water partition coefficient (Wildman–Crippen LogP) is 3.39. The molecule has 1 fully saturated rings. The lowest BCUT2D eigenvalue weighted by Gasteiger charge is -2.35. The molecule has 1 unspecified atom stereocenters. The number of amides is 3. The fourth-order valence-corrected chi connectivity index (χ4v) is 4.15. The van der Waals surface area contributed by atoms with Crippen LogP contribution in [0.25, 0.3) is 0 Å². The van der Waals surface area contributed by atoms with E-state index >= 15 is 0 Å². The molecule has 0 saturated carbocycles. The van der Waals surface area contributed by atoms with Crippen molar-refractivity contribution in [1.82, 2.24) is 15.5 Å². The summed E-state index contributed by atoms with van der Waals surface area (Å²) < 4.78 is 18.8. The van der Waals surface area contributed by atoms with E-state index < -0.39 is 11.9 Å². The van der Waals surface area contributed by atoms with Crippen molar-refractivity contribution in [3.63, 3.8) is 0 Å². The summed E-state index contributed by atoms with van der Waals surface area (Å²) in [6.07, 6.45) is 2.57. The Labute approximate surface area is 196 Å². The Hall–Kier alpha value is -3.94. The van der Waals surface area contributed by atoms with Crippen LogP contribution in [0.3, 0.4) is 0 Å². The summed E-state index contributed by atoms with van der Waals surface area (Å²) in [6.45, 7) is 1.02. The maximum absolute atomic E-state index is 13.5. The quantitative estimate of drug-likeness (QED) is 0.562. The molecule has 1 aliphatic rings. The molecule has 2 aromatic carbocycles. The first kappa shape index (κ1) is 23.2. The highest BCUT2D eigenvalue weighted by atomic mass is 19.1. The molecule has 1 atom stereocenters. The lowest BCUT2D eigenvalue weighted by molar-refractivity contribution is -0.124. The number of rotatable bonds is 7. The van der Waals surface area contributed by atoms with Gasteiger partial charge in [-0.05, 0) is 61.2 Å². The molecule has 7 nitrogen and oxygen atoms in total. The maximum atomic E-state index is 13.5. The van der Waals surface area contributed by atoms with Gasteiger partial charge in [-0.25, -0.2) is 4.39 Å². The number of nitrogens with zero attached hydrogens (tertiary/aromatic N) is 1. The van der Waals surface area contributed by atoms with Gasteiger partial charge in [0.25, 0.3) is 11.8 Å². The van der Waals surface area contributed by atoms with E-state index in [1.165, 1.54) is 24.5 Å². The third kappa shape index (κ3) is 5.70. The number of piperidine rings is 1. The zero-order valence-corrected chi connectivity index (χ0v) is 18.6. The number of hydrogen-bond acceptors (Lipinski definition) is 4. The van der Waals surface area contributed by atoms with Crippen LogP contribution in [0.2, 0.25) is 0 Å². The van der Waals surface area contributed by atoms with Gasteiger partial charge in [-0.1, -0.05) is 24.3 Å². The van der Waals surface area contributed by atoms with Crippen molar-refractivity contribution in [2.75, 3.05) is 13.1 Å². The van der Waals surface area contributed by atoms with Crippen LogP contribution in [0.5, 0.6) is 0 Å². The molecule has 3 amide bonds. The average Bonchev–Trinajstić information content (AvgIpc) is 3.40. The number of benzene rings is 2. The fourth-order valence-electron chi connectivity index (χ4n) is 4.15. The summed E-state index contributed by atoms with van der Waals surface area (Å²) in [4.78, 5) is 40.3. The number of carbonyl (C=O) groups excluding carboxylic acids is 3. The molecule has 4 rings (SSSR count). The fraction of sp³-hybridized carbons (Fsp3) is 0.269. The SMILES string of the molecule is O=C(NC(C(=O)NCc1ccco1)C1CCN(C(=O)c2cccc(F)c2)CC1)c1ccccc1. The van der Waals surface area contributed by atoms with Gasteiger partial charge in [0, 0.05) is 24.2 Å². The number of carbonyl (C=O) groups is 3. The van der Waals surface area contributed by atoms with Crippen molar-refractivity contribution in [2.24, 2.45) is 5.92 Å². The van der Waals surface area contributed by atoms with Crippen LogP contribution in [-0.2, 0) is 11.3 Å². The summed E-state index contributed by atoms with van der Waals surface area (Å²) in [5.41, 5.74) is 0.758. The highest BCUT2D eigenvalue weighted by molar-refractivity contribution is 5.97. The molecule has 0 bridgehead atoms. The Morgan fingerprint density at radius 3 is 2.38 bits per heavy atom. The number of hydrogen-bond donors (Lipinski definition) is 2. The molecule has 2 N–H and O–H groups in total. The van der Waals surface area contributed by atoms with E-state index in [-0.39, 0.29) is 30.2 Å². The minimum Gasteiger partial charge on any atom is -0.467 e. The van der Waals surface area contributed by atoms with E-state index in [1.54, 1.807) is 47.4 Å². The average molecular weight is 464 g/mol. The molecule has 2 heterocycles. The van der Waals surface area contributed by atoms with Gasteiger partial charge in [0.1, 0.15) is 17.6 Å². The van der Waals surface area contributed by atoms with Gasteiger partial charge in [-0.3, -0.25) is 14.4 Å². The maximum Gasteiger partial charge on any atom is 0.253 e. The second-order valence-corrected chi connectivity index (χ2v) is 8.25. The molecule has 1 aromatic heterocycles. The van der Waals surface area contributed by atoms with Crippen molar-refractivity contribution in [3.05, 3.63) is 95.7 Å². The van der Waals surface area contributed by atoms with E-state index in [4.69, 9.17) is 4.42 Å². The van der Waals surface area contributed by atoms with Crippen molar-refractivity contribution in [1.29, 1.82) is 0 Å². The summed E-state index contributed by atoms with van der Waals surface area (Å²) in [6, 6.07) is 17.1. The predicted molar refractivity (Wildman–Crippen MR) is 123 cm³/mol. The largest absolute Gasteiger partial charge is 0.467 e. The first-order valence-electron chi connectivity index (χ1n) is 11.2. The molecule has 3 aromatic rings. The van der Waals surface area contributed by atoms with E-state index in [9.17, 15) is 18.8 Å². The van der Waals surface area contributed by atoms with Crippen molar-refractivity contribution in [2.45, 2.75) is 25.4 Å². The monoisotopic (exact) mass is 463 g/mol. The minimum absolute atomic E-state index is 0.166. The van der Waals surface area contributed by atoms with Crippen LogP contribution in [0.4, 0.5) is 4.39 Å². The van der Waals surface area contributed by atoms with E-state index in [0.29, 0.717) is 42.8 Å². The van der Waals surface area contributed by atoms with Gasteiger partial charge in [0.05, 0.1) is 12.8 Å². The number of halogens is 1. The van der Waals surface area contributed by atoms with E-state index in [0.717, 1.165) is 0 Å². The molecule has 0 radical (unpaired) electrons. The van der Waals surface area contributed by atoms with Gasteiger partial charge < -0.3 is 20.0 Å². The standard InChI is InChI=1S/C26H26FN3O4/c27-21-9-4-8-20(16-21)26(33)30-13-11-18(12-14-30)23(25(32)28-17-22-10-5-15-34-22)29-24(31)19-6-2-1-3-7-19/h1-10,15-16,18,23H,11-14,17H2,(H,28,32)(H,29,31). The molecular formula is C26H26FN3O4. The molecule has 1 saturated heterocycles. The van der Waals surface area contributed by atoms with E-state index in [2.05, 4.69) is 10.6 Å². The highest BCUT2D eigenvalue weighted by Crippen LogP contribution is 2.23. The molecule has 1 aliphatic heterocycles. The topological polar surface area (TPSA) is 91.7 Å². The Morgan fingerprint density at radius 2 is 1.71 bits per heavy atom. The number of nitrogens with one attached hydrogen (secondary N) is 2. The molecule has 0 spiro atoms. The Bertz CT molecular complexity index is 1130. The number of likely N-dealkylation sites (tertiary alicyclic amines) is 1. The Balaban J connectivity index is 1.43. The zero-order chi connectivity index (χ0) is 23.9. The van der Waals surface area contributed by atoms with Crippen LogP contribution >= 0.6 is 0 Å². The van der Waals surface area contributed by atoms with Crippen LogP contribution in [0, 0.1) is 11.7 Å². The normalized spacial score (nSPS) is 14.9. The number of furan rings is 1. The van der Waals surface area contributed by atoms with Gasteiger partial charge in [-0.2, -0.15) is 0 Å². The summed E-state index contributed by atoms with van der Waals surface area (Å²) >= 11 is 0.